The van der Waals surface area contributed by atoms with Crippen LogP contribution < -0.4 is 0 Å². The molecule has 0 aromatic rings. The average Bonchev–Trinajstić information content (AvgIpc) is 0.918. The van der Waals surface area contributed by atoms with Crippen molar-refractivity contribution in [3.63, 3.8) is 0 Å². The van der Waals surface area contributed by atoms with Crippen LogP contribution in [0.15, 0.2) is 0 Å². The monoisotopic (exact) mass is 1520 g/mol. The predicted molar refractivity (Wildman–Crippen MR) is 428 cm³/mol. The summed E-state index contributed by atoms with van der Waals surface area (Å²) in [4.78, 5) is 73.2. The van der Waals surface area contributed by atoms with Gasteiger partial charge in [0.15, 0.2) is 12.2 Å². The first-order valence-corrected chi connectivity index (χ1v) is 47.1. The summed E-state index contributed by atoms with van der Waals surface area (Å²) < 4.78 is 68.9. The third kappa shape index (κ3) is 78.2. The van der Waals surface area contributed by atoms with Crippen LogP contribution in [0.4, 0.5) is 0 Å². The number of hydrogen-bond acceptors (Lipinski definition) is 15. The lowest BCUT2D eigenvalue weighted by molar-refractivity contribution is -0.161. The van der Waals surface area contributed by atoms with Gasteiger partial charge in [-0.25, -0.2) is 9.13 Å². The van der Waals surface area contributed by atoms with Crippen molar-refractivity contribution in [1.82, 2.24) is 0 Å². The van der Waals surface area contributed by atoms with Gasteiger partial charge in [-0.3, -0.25) is 37.3 Å². The van der Waals surface area contributed by atoms with Gasteiger partial charge in [0.1, 0.15) is 19.3 Å². The van der Waals surface area contributed by atoms with Crippen molar-refractivity contribution >= 4 is 39.5 Å². The number of esters is 4. The lowest BCUT2D eigenvalue weighted by Crippen LogP contribution is -2.30. The Labute approximate surface area is 638 Å². The number of phosphoric ester groups is 2. The molecule has 0 aliphatic carbocycles. The molecule has 3 N–H and O–H groups in total. The second-order valence-corrected chi connectivity index (χ2v) is 34.0. The Morgan fingerprint density at radius 2 is 0.442 bits per heavy atom. The Balaban J connectivity index is 5.23. The summed E-state index contributed by atoms with van der Waals surface area (Å²) in [7, 11) is -9.92. The fourth-order valence-corrected chi connectivity index (χ4v) is 14.9. The van der Waals surface area contributed by atoms with Crippen LogP contribution in [0, 0.1) is 5.92 Å². The maximum atomic E-state index is 13.1. The van der Waals surface area contributed by atoms with Crippen molar-refractivity contribution in [3.8, 4) is 0 Å². The molecule has 0 heterocycles. The molecule has 0 amide bonds. The summed E-state index contributed by atoms with van der Waals surface area (Å²) in [5.74, 6) is -1.31. The molecule has 0 aliphatic heterocycles. The van der Waals surface area contributed by atoms with Crippen molar-refractivity contribution in [3.05, 3.63) is 0 Å². The van der Waals surface area contributed by atoms with E-state index in [-0.39, 0.29) is 25.7 Å². The summed E-state index contributed by atoms with van der Waals surface area (Å²) in [5, 5.41) is 10.7. The minimum Gasteiger partial charge on any atom is -0.462 e. The molecule has 0 aliphatic rings. The highest BCUT2D eigenvalue weighted by atomic mass is 31.2. The van der Waals surface area contributed by atoms with Crippen molar-refractivity contribution in [2.75, 3.05) is 39.6 Å². The normalized spacial score (nSPS) is 13.8. The molecule has 0 bridgehead atoms. The molecule has 0 aromatic carbocycles. The van der Waals surface area contributed by atoms with Gasteiger partial charge in [-0.15, -0.1) is 0 Å². The number of rotatable bonds is 85. The highest BCUT2D eigenvalue weighted by Gasteiger charge is 2.30. The molecule has 104 heavy (non-hydrogen) atoms. The van der Waals surface area contributed by atoms with E-state index in [4.69, 9.17) is 37.0 Å². The molecular weight excluding hydrogens is 1350 g/mol. The fraction of sp³-hybridized carbons (Fsp3) is 0.953. The van der Waals surface area contributed by atoms with E-state index in [1.165, 1.54) is 283 Å². The molecule has 0 saturated carbocycles. The minimum atomic E-state index is -4.96. The number of ether oxygens (including phenoxy) is 4. The van der Waals surface area contributed by atoms with Crippen molar-refractivity contribution < 1.29 is 80.2 Å². The number of aliphatic hydroxyl groups is 1. The van der Waals surface area contributed by atoms with Crippen LogP contribution in [0.5, 0.6) is 0 Å². The van der Waals surface area contributed by atoms with Crippen LogP contribution in [0.25, 0.3) is 0 Å². The largest absolute Gasteiger partial charge is 0.472 e. The molecule has 5 atom stereocenters. The zero-order valence-electron chi connectivity index (χ0n) is 68.2. The summed E-state index contributed by atoms with van der Waals surface area (Å²) in [6.07, 6.45) is 70.7. The van der Waals surface area contributed by atoms with E-state index < -0.39 is 97.5 Å². The molecule has 19 heteroatoms. The highest BCUT2D eigenvalue weighted by Crippen LogP contribution is 2.45. The molecule has 0 rings (SSSR count). The number of carbonyl (C=O) groups is 4. The summed E-state index contributed by atoms with van der Waals surface area (Å²) in [6, 6.07) is 0. The minimum absolute atomic E-state index is 0.109. The Bertz CT molecular complexity index is 1980. The molecule has 0 aromatic heterocycles. The van der Waals surface area contributed by atoms with E-state index in [9.17, 15) is 43.2 Å². The van der Waals surface area contributed by atoms with Gasteiger partial charge in [0.05, 0.1) is 26.4 Å². The summed E-state index contributed by atoms with van der Waals surface area (Å²) in [6.45, 7) is 7.38. The van der Waals surface area contributed by atoms with E-state index in [0.29, 0.717) is 25.7 Å². The van der Waals surface area contributed by atoms with Gasteiger partial charge in [-0.2, -0.15) is 0 Å². The second-order valence-electron chi connectivity index (χ2n) is 31.1. The Hall–Kier alpha value is -1.94. The average molecular weight is 1520 g/mol. The van der Waals surface area contributed by atoms with E-state index >= 15 is 0 Å². The topological polar surface area (TPSA) is 237 Å². The molecule has 618 valence electrons. The first-order valence-electron chi connectivity index (χ1n) is 44.1. The van der Waals surface area contributed by atoms with Crippen molar-refractivity contribution in [2.24, 2.45) is 5.92 Å². The lowest BCUT2D eigenvalue weighted by Gasteiger charge is -2.21. The number of unbranched alkanes of at least 4 members (excludes halogenated alkanes) is 57. The van der Waals surface area contributed by atoms with Crippen LogP contribution in [-0.4, -0.2) is 96.7 Å². The Morgan fingerprint density at radius 1 is 0.260 bits per heavy atom. The molecular formula is C85H166O17P2. The number of carbonyl (C=O) groups excluding carboxylic acids is 4. The van der Waals surface area contributed by atoms with Crippen LogP contribution in [-0.2, 0) is 65.4 Å². The van der Waals surface area contributed by atoms with Gasteiger partial charge in [0.25, 0.3) is 0 Å². The van der Waals surface area contributed by atoms with Crippen LogP contribution >= 0.6 is 15.6 Å². The van der Waals surface area contributed by atoms with E-state index in [0.717, 1.165) is 95.8 Å². The maximum Gasteiger partial charge on any atom is 0.472 e. The standard InChI is InChI=1S/C85H166O17P2/c1-6-9-12-15-18-21-24-27-28-29-30-31-32-33-34-35-40-46-51-56-61-66-71-85(90)102-81(75-96-83(88)69-64-59-54-49-44-41-36-39-42-47-52-57-62-67-78(4)5)77-100-104(93,94)98-73-79(86)72-97-103(91,92)99-76-80(101-84(89)70-65-60-55-50-45-38-26-23-20-17-14-11-8-3)74-95-82(87)68-63-58-53-48-43-37-25-22-19-16-13-10-7-2/h78-81,86H,6-77H2,1-5H3,(H,91,92)(H,93,94)/t79-,80+,81+/m0/s1. The third-order valence-electron chi connectivity index (χ3n) is 20.0. The highest BCUT2D eigenvalue weighted by molar-refractivity contribution is 7.47. The molecule has 0 spiro atoms. The van der Waals surface area contributed by atoms with Crippen LogP contribution in [0.1, 0.15) is 458 Å². The maximum absolute atomic E-state index is 13.1. The Morgan fingerprint density at radius 3 is 0.654 bits per heavy atom. The zero-order valence-corrected chi connectivity index (χ0v) is 70.0. The van der Waals surface area contributed by atoms with Gasteiger partial charge in [-0.1, -0.05) is 407 Å². The van der Waals surface area contributed by atoms with Gasteiger partial charge < -0.3 is 33.8 Å². The van der Waals surface area contributed by atoms with Gasteiger partial charge in [0, 0.05) is 25.7 Å². The zero-order chi connectivity index (χ0) is 76.2. The smallest absolute Gasteiger partial charge is 0.462 e. The summed E-state index contributed by atoms with van der Waals surface area (Å²) in [5.41, 5.74) is 0. The molecule has 17 nitrogen and oxygen atoms in total. The van der Waals surface area contributed by atoms with Gasteiger partial charge in [-0.05, 0) is 31.6 Å². The number of phosphoric acid groups is 2. The number of aliphatic hydroxyl groups excluding tert-OH is 1. The SMILES string of the molecule is CCCCCCCCCCCCCCCCCCCCCCCCC(=O)O[C@H](COC(=O)CCCCCCCCCCCCCCCC(C)C)COP(=O)(O)OC[C@@H](O)COP(=O)(O)OC[C@@H](COC(=O)CCCCCCCCCCCCCCC)OC(=O)CCCCCCCCCCCCCCC. The second kappa shape index (κ2) is 77.8. The lowest BCUT2D eigenvalue weighted by atomic mass is 10.0. The quantitative estimate of drug-likeness (QED) is 0.0222. The van der Waals surface area contributed by atoms with Crippen molar-refractivity contribution in [1.29, 1.82) is 0 Å². The van der Waals surface area contributed by atoms with E-state index in [1.54, 1.807) is 0 Å². The summed E-state index contributed by atoms with van der Waals surface area (Å²) >= 11 is 0. The van der Waals surface area contributed by atoms with Crippen LogP contribution in [0.3, 0.4) is 0 Å². The number of hydrogen-bond donors (Lipinski definition) is 3. The molecule has 0 radical (unpaired) electrons. The first kappa shape index (κ1) is 102. The Kier molecular flexibility index (Phi) is 76.3. The first-order chi connectivity index (χ1) is 50.5. The van der Waals surface area contributed by atoms with Crippen molar-refractivity contribution in [2.45, 2.75) is 477 Å². The predicted octanol–water partition coefficient (Wildman–Crippen LogP) is 26.0. The third-order valence-corrected chi connectivity index (χ3v) is 21.9. The van der Waals surface area contributed by atoms with Crippen LogP contribution in [0.2, 0.25) is 0 Å². The van der Waals surface area contributed by atoms with E-state index in [1.807, 2.05) is 0 Å². The molecule has 2 unspecified atom stereocenters. The van der Waals surface area contributed by atoms with Gasteiger partial charge in [0.2, 0.25) is 0 Å². The van der Waals surface area contributed by atoms with E-state index in [2.05, 4.69) is 34.6 Å². The molecule has 0 fully saturated rings. The molecule has 0 saturated heterocycles. The van der Waals surface area contributed by atoms with Gasteiger partial charge >= 0.3 is 39.5 Å². The fourth-order valence-electron chi connectivity index (χ4n) is 13.3.